The molecule has 9 heteroatoms. The highest BCUT2D eigenvalue weighted by Crippen LogP contribution is 2.46. The van der Waals surface area contributed by atoms with Gasteiger partial charge in [0.2, 0.25) is 5.91 Å². The Kier molecular flexibility index (Phi) is 5.79. The third-order valence-corrected chi connectivity index (χ3v) is 7.22. The summed E-state index contributed by atoms with van der Waals surface area (Å²) in [5.74, 6) is -0.458. The lowest BCUT2D eigenvalue weighted by atomic mass is 9.64. The zero-order valence-electron chi connectivity index (χ0n) is 18.6. The van der Waals surface area contributed by atoms with Gasteiger partial charge in [0, 0.05) is 15.5 Å². The molecule has 2 N–H and O–H groups in total. The molecule has 2 atom stereocenters. The fourth-order valence-electron chi connectivity index (χ4n) is 5.28. The number of carbonyl (C=O) groups excluding carboxylic acids is 3. The Labute approximate surface area is 196 Å². The van der Waals surface area contributed by atoms with Gasteiger partial charge in [-0.1, -0.05) is 44.5 Å². The fraction of sp³-hybridized carbons (Fsp3) is 0.478. The van der Waals surface area contributed by atoms with Gasteiger partial charge in [0.05, 0.1) is 5.69 Å². The third-order valence-electron chi connectivity index (χ3n) is 6.09. The lowest BCUT2D eigenvalue weighted by Gasteiger charge is -2.43. The molecule has 1 aliphatic heterocycles. The van der Waals surface area contributed by atoms with Crippen LogP contribution in [0.3, 0.4) is 0 Å². The number of nitrogens with zero attached hydrogens (tertiary/aromatic N) is 2. The molecule has 4 amide bonds. The molecule has 2 aromatic rings. The highest BCUT2D eigenvalue weighted by Gasteiger charge is 2.56. The van der Waals surface area contributed by atoms with Crippen LogP contribution >= 0.6 is 22.9 Å². The van der Waals surface area contributed by atoms with Gasteiger partial charge in [0.1, 0.15) is 12.1 Å². The normalized spacial score (nSPS) is 24.7. The van der Waals surface area contributed by atoms with Crippen molar-refractivity contribution in [3.05, 3.63) is 34.2 Å². The van der Waals surface area contributed by atoms with Gasteiger partial charge >= 0.3 is 6.03 Å². The van der Waals surface area contributed by atoms with Crippen molar-refractivity contribution in [2.75, 3.05) is 11.9 Å². The molecule has 4 rings (SSSR count). The monoisotopic (exact) mass is 474 g/mol. The maximum absolute atomic E-state index is 13.2. The number of imide groups is 1. The van der Waals surface area contributed by atoms with E-state index in [1.165, 1.54) is 11.3 Å². The van der Waals surface area contributed by atoms with Crippen LogP contribution in [-0.2, 0) is 9.59 Å². The van der Waals surface area contributed by atoms with Crippen LogP contribution in [0.25, 0.3) is 11.3 Å². The molecule has 2 aliphatic rings. The van der Waals surface area contributed by atoms with Crippen molar-refractivity contribution in [3.8, 4) is 11.3 Å². The second kappa shape index (κ2) is 8.15. The molecule has 0 bridgehead atoms. The second-order valence-corrected chi connectivity index (χ2v) is 11.4. The number of urea groups is 1. The molecular formula is C23H27ClN4O3S. The summed E-state index contributed by atoms with van der Waals surface area (Å²) in [6, 6.07) is 6.81. The quantitative estimate of drug-likeness (QED) is 0.620. The number of rotatable bonds is 4. The summed E-state index contributed by atoms with van der Waals surface area (Å²) in [5, 5.41) is 6.69. The Balaban J connectivity index is 1.46. The summed E-state index contributed by atoms with van der Waals surface area (Å²) in [5.41, 5.74) is 0.677. The first kappa shape index (κ1) is 22.7. The van der Waals surface area contributed by atoms with E-state index < -0.39 is 17.5 Å². The third kappa shape index (κ3) is 4.38. The van der Waals surface area contributed by atoms with Crippen LogP contribution in [0.4, 0.5) is 9.93 Å². The minimum atomic E-state index is -0.919. The number of anilines is 1. The van der Waals surface area contributed by atoms with Crippen molar-refractivity contribution in [2.45, 2.75) is 52.5 Å². The number of aromatic nitrogens is 1. The number of carbonyl (C=O) groups is 3. The molecule has 1 spiro atoms. The minimum absolute atomic E-state index is 0.0602. The van der Waals surface area contributed by atoms with Crippen LogP contribution in [0, 0.1) is 18.3 Å². The van der Waals surface area contributed by atoms with E-state index in [4.69, 9.17) is 11.6 Å². The van der Waals surface area contributed by atoms with E-state index in [9.17, 15) is 14.4 Å². The van der Waals surface area contributed by atoms with E-state index in [1.807, 2.05) is 19.1 Å². The van der Waals surface area contributed by atoms with Gasteiger partial charge < -0.3 is 10.6 Å². The molecule has 1 aliphatic carbocycles. The zero-order valence-corrected chi connectivity index (χ0v) is 20.2. The van der Waals surface area contributed by atoms with Gasteiger partial charge in [0.15, 0.2) is 5.13 Å². The minimum Gasteiger partial charge on any atom is -0.323 e. The predicted octanol–water partition coefficient (Wildman–Crippen LogP) is 4.85. The zero-order chi connectivity index (χ0) is 23.3. The maximum atomic E-state index is 13.2. The van der Waals surface area contributed by atoms with Crippen molar-refractivity contribution in [3.63, 3.8) is 0 Å². The largest absolute Gasteiger partial charge is 0.325 e. The van der Waals surface area contributed by atoms with Crippen LogP contribution < -0.4 is 10.6 Å². The lowest BCUT2D eigenvalue weighted by molar-refractivity contribution is -0.136. The Morgan fingerprint density at radius 2 is 1.97 bits per heavy atom. The molecular weight excluding hydrogens is 448 g/mol. The number of nitrogens with one attached hydrogen (secondary N) is 2. The summed E-state index contributed by atoms with van der Waals surface area (Å²) in [6.07, 6.45) is 2.16. The molecule has 0 radical (unpaired) electrons. The standard InChI is InChI=1S/C23H27ClN4O3S/c1-13-9-22(3,4)12-23(10-13)19(30)28(21(31)27-23)11-17(29)25-20-26-18(14(2)32-20)15-5-7-16(24)8-6-15/h5-8,13H,9-12H2,1-4H3,(H,27,31)(H,25,26,29). The fourth-order valence-corrected chi connectivity index (χ4v) is 6.26. The number of hydrogen-bond donors (Lipinski definition) is 2. The average Bonchev–Trinajstić information content (AvgIpc) is 3.13. The average molecular weight is 475 g/mol. The summed E-state index contributed by atoms with van der Waals surface area (Å²) < 4.78 is 0. The van der Waals surface area contributed by atoms with Crippen molar-refractivity contribution in [1.82, 2.24) is 15.2 Å². The van der Waals surface area contributed by atoms with Crippen LogP contribution in [0.5, 0.6) is 0 Å². The van der Waals surface area contributed by atoms with E-state index in [0.717, 1.165) is 27.5 Å². The molecule has 1 saturated heterocycles. The highest BCUT2D eigenvalue weighted by atomic mass is 35.5. The van der Waals surface area contributed by atoms with Gasteiger partial charge in [-0.15, -0.1) is 11.3 Å². The van der Waals surface area contributed by atoms with Crippen molar-refractivity contribution < 1.29 is 14.4 Å². The van der Waals surface area contributed by atoms with Gasteiger partial charge in [-0.3, -0.25) is 14.5 Å². The Bertz CT molecular complexity index is 1080. The molecule has 1 saturated carbocycles. The summed E-state index contributed by atoms with van der Waals surface area (Å²) in [6.45, 7) is 7.91. The highest BCUT2D eigenvalue weighted by molar-refractivity contribution is 7.16. The molecule has 2 fully saturated rings. The molecule has 2 heterocycles. The SMILES string of the molecule is Cc1sc(NC(=O)CN2C(=O)NC3(CC(C)CC(C)(C)C3)C2=O)nc1-c1ccc(Cl)cc1. The molecule has 1 aromatic carbocycles. The van der Waals surface area contributed by atoms with E-state index in [2.05, 4.69) is 36.4 Å². The van der Waals surface area contributed by atoms with Gasteiger partial charge in [-0.05, 0) is 49.7 Å². The van der Waals surface area contributed by atoms with Gasteiger partial charge in [0.25, 0.3) is 5.91 Å². The Morgan fingerprint density at radius 1 is 1.28 bits per heavy atom. The number of amides is 4. The summed E-state index contributed by atoms with van der Waals surface area (Å²) in [4.78, 5) is 45.0. The van der Waals surface area contributed by atoms with E-state index in [1.54, 1.807) is 12.1 Å². The molecule has 1 aromatic heterocycles. The molecule has 170 valence electrons. The number of hydrogen-bond acceptors (Lipinski definition) is 5. The number of aryl methyl sites for hydroxylation is 1. The van der Waals surface area contributed by atoms with E-state index >= 15 is 0 Å². The maximum Gasteiger partial charge on any atom is 0.325 e. The van der Waals surface area contributed by atoms with Crippen molar-refractivity contribution in [1.29, 1.82) is 0 Å². The van der Waals surface area contributed by atoms with Crippen LogP contribution in [0.2, 0.25) is 5.02 Å². The Hall–Kier alpha value is -2.45. The van der Waals surface area contributed by atoms with Crippen molar-refractivity contribution >= 4 is 45.9 Å². The first-order valence-corrected chi connectivity index (χ1v) is 11.8. The molecule has 32 heavy (non-hydrogen) atoms. The number of halogens is 1. The first-order valence-electron chi connectivity index (χ1n) is 10.7. The van der Waals surface area contributed by atoms with E-state index in [0.29, 0.717) is 28.9 Å². The lowest BCUT2D eigenvalue weighted by Crippen LogP contribution is -2.54. The second-order valence-electron chi connectivity index (χ2n) is 9.74. The predicted molar refractivity (Wildman–Crippen MR) is 126 cm³/mol. The Morgan fingerprint density at radius 3 is 2.62 bits per heavy atom. The summed E-state index contributed by atoms with van der Waals surface area (Å²) in [7, 11) is 0. The topological polar surface area (TPSA) is 91.4 Å². The van der Waals surface area contributed by atoms with Crippen molar-refractivity contribution in [2.24, 2.45) is 11.3 Å². The number of thiazole rings is 1. The summed E-state index contributed by atoms with van der Waals surface area (Å²) >= 11 is 7.30. The van der Waals surface area contributed by atoms with Gasteiger partial charge in [-0.25, -0.2) is 9.78 Å². The van der Waals surface area contributed by atoms with Crippen LogP contribution in [0.15, 0.2) is 24.3 Å². The number of benzene rings is 1. The van der Waals surface area contributed by atoms with E-state index in [-0.39, 0.29) is 17.9 Å². The van der Waals surface area contributed by atoms with Gasteiger partial charge in [-0.2, -0.15) is 0 Å². The smallest absolute Gasteiger partial charge is 0.323 e. The molecule has 7 nitrogen and oxygen atoms in total. The molecule has 2 unspecified atom stereocenters. The first-order chi connectivity index (χ1) is 15.0. The van der Waals surface area contributed by atoms with Crippen LogP contribution in [-0.4, -0.2) is 39.8 Å². The van der Waals surface area contributed by atoms with Crippen LogP contribution in [0.1, 0.15) is 44.9 Å².